The molecule has 1 aliphatic rings. The van der Waals surface area contributed by atoms with Crippen molar-refractivity contribution in [3.05, 3.63) is 18.2 Å². The minimum Gasteiger partial charge on any atom is -0.392 e. The Bertz CT molecular complexity index is 335. The molecule has 1 N–H and O–H groups in total. The lowest BCUT2D eigenvalue weighted by molar-refractivity contribution is 0.0655. The highest BCUT2D eigenvalue weighted by Gasteiger charge is 2.19. The highest BCUT2D eigenvalue weighted by atomic mass is 16.3. The summed E-state index contributed by atoms with van der Waals surface area (Å²) in [6.07, 6.45) is 5.71. The average Bonchev–Trinajstić information content (AvgIpc) is 2.66. The second-order valence-electron chi connectivity index (χ2n) is 4.92. The first kappa shape index (κ1) is 11.6. The minimum absolute atomic E-state index is 0.149. The van der Waals surface area contributed by atoms with Gasteiger partial charge < -0.3 is 9.67 Å². The highest BCUT2D eigenvalue weighted by Crippen LogP contribution is 2.15. The van der Waals surface area contributed by atoms with Gasteiger partial charge in [-0.2, -0.15) is 0 Å². The van der Waals surface area contributed by atoms with Crippen LogP contribution in [-0.4, -0.2) is 38.8 Å². The number of aromatic nitrogens is 2. The summed E-state index contributed by atoms with van der Waals surface area (Å²) in [5.41, 5.74) is 1.24. The van der Waals surface area contributed by atoms with Gasteiger partial charge in [-0.25, -0.2) is 4.98 Å². The summed E-state index contributed by atoms with van der Waals surface area (Å²) in [6, 6.07) is 0.451. The molecule has 4 heteroatoms. The third-order valence-electron chi connectivity index (χ3n) is 3.17. The fourth-order valence-corrected chi connectivity index (χ4v) is 2.32. The van der Waals surface area contributed by atoms with Crippen LogP contribution in [0.2, 0.25) is 0 Å². The summed E-state index contributed by atoms with van der Waals surface area (Å²) < 4.78 is 2.20. The Hall–Kier alpha value is -0.870. The second-order valence-corrected chi connectivity index (χ2v) is 4.92. The molecule has 0 radical (unpaired) electrons. The zero-order chi connectivity index (χ0) is 11.5. The number of nitrogens with zero attached hydrogens (tertiary/aromatic N) is 3. The standard InChI is InChI=1S/C12H21N3O/c1-10(2)15-9-13-6-11(15)7-14-5-3-4-12(16)8-14/h6,9-10,12,16H,3-5,7-8H2,1-2H3/t12-/m0/s1. The van der Waals surface area contributed by atoms with Crippen molar-refractivity contribution in [1.29, 1.82) is 0 Å². The van der Waals surface area contributed by atoms with E-state index in [4.69, 9.17) is 0 Å². The number of aliphatic hydroxyl groups excluding tert-OH is 1. The van der Waals surface area contributed by atoms with Crippen LogP contribution in [0.3, 0.4) is 0 Å². The van der Waals surface area contributed by atoms with Crippen molar-refractivity contribution in [2.75, 3.05) is 13.1 Å². The lowest BCUT2D eigenvalue weighted by atomic mass is 10.1. The molecule has 2 heterocycles. The number of β-amino-alcohol motifs (C(OH)–C–C–N with tert-alkyl or cyclic N) is 1. The van der Waals surface area contributed by atoms with Gasteiger partial charge in [-0.05, 0) is 33.2 Å². The first-order valence-electron chi connectivity index (χ1n) is 6.08. The number of hydrogen-bond donors (Lipinski definition) is 1. The monoisotopic (exact) mass is 223 g/mol. The summed E-state index contributed by atoms with van der Waals surface area (Å²) in [6.45, 7) is 7.10. The van der Waals surface area contributed by atoms with E-state index in [2.05, 4.69) is 28.3 Å². The number of imidazole rings is 1. The Morgan fingerprint density at radius 2 is 2.38 bits per heavy atom. The van der Waals surface area contributed by atoms with Gasteiger partial charge in [0.15, 0.2) is 0 Å². The van der Waals surface area contributed by atoms with Crippen LogP contribution in [-0.2, 0) is 6.54 Å². The number of hydrogen-bond acceptors (Lipinski definition) is 3. The lowest BCUT2D eigenvalue weighted by Crippen LogP contribution is -2.38. The Kier molecular flexibility index (Phi) is 3.61. The Labute approximate surface area is 96.9 Å². The molecule has 1 fully saturated rings. The molecule has 16 heavy (non-hydrogen) atoms. The van der Waals surface area contributed by atoms with Crippen LogP contribution < -0.4 is 0 Å². The van der Waals surface area contributed by atoms with Crippen LogP contribution in [0.1, 0.15) is 38.4 Å². The lowest BCUT2D eigenvalue weighted by Gasteiger charge is -2.30. The second kappa shape index (κ2) is 4.97. The van der Waals surface area contributed by atoms with Crippen molar-refractivity contribution in [3.63, 3.8) is 0 Å². The van der Waals surface area contributed by atoms with Crippen LogP contribution >= 0.6 is 0 Å². The maximum atomic E-state index is 9.62. The van der Waals surface area contributed by atoms with E-state index in [9.17, 15) is 5.11 Å². The van der Waals surface area contributed by atoms with Gasteiger partial charge in [0.05, 0.1) is 18.1 Å². The number of likely N-dealkylation sites (tertiary alicyclic amines) is 1. The van der Waals surface area contributed by atoms with E-state index >= 15 is 0 Å². The number of piperidine rings is 1. The Morgan fingerprint density at radius 1 is 1.56 bits per heavy atom. The first-order chi connectivity index (χ1) is 7.66. The maximum Gasteiger partial charge on any atom is 0.0951 e. The molecule has 0 aromatic carbocycles. The molecule has 0 spiro atoms. The molecular weight excluding hydrogens is 202 g/mol. The van der Waals surface area contributed by atoms with Crippen LogP contribution in [0.15, 0.2) is 12.5 Å². The third kappa shape index (κ3) is 2.62. The predicted octanol–water partition coefficient (Wildman–Crippen LogP) is 1.42. The highest BCUT2D eigenvalue weighted by molar-refractivity contribution is 5.00. The number of aliphatic hydroxyl groups is 1. The van der Waals surface area contributed by atoms with Crippen molar-refractivity contribution in [3.8, 4) is 0 Å². The molecular formula is C12H21N3O. The van der Waals surface area contributed by atoms with Crippen molar-refractivity contribution in [2.45, 2.75) is 45.4 Å². The molecule has 1 atom stereocenters. The molecule has 1 aromatic heterocycles. The van der Waals surface area contributed by atoms with Gasteiger partial charge >= 0.3 is 0 Å². The Morgan fingerprint density at radius 3 is 3.06 bits per heavy atom. The summed E-state index contributed by atoms with van der Waals surface area (Å²) in [7, 11) is 0. The van der Waals surface area contributed by atoms with Gasteiger partial charge in [-0.15, -0.1) is 0 Å². The van der Waals surface area contributed by atoms with Gasteiger partial charge in [0.2, 0.25) is 0 Å². The van der Waals surface area contributed by atoms with E-state index in [0.717, 1.165) is 32.5 Å². The molecule has 4 nitrogen and oxygen atoms in total. The fraction of sp³-hybridized carbons (Fsp3) is 0.750. The van der Waals surface area contributed by atoms with Crippen molar-refractivity contribution in [2.24, 2.45) is 0 Å². The molecule has 0 saturated carbocycles. The van der Waals surface area contributed by atoms with E-state index in [-0.39, 0.29) is 6.10 Å². The molecule has 1 aromatic rings. The third-order valence-corrected chi connectivity index (χ3v) is 3.17. The smallest absolute Gasteiger partial charge is 0.0951 e. The van der Waals surface area contributed by atoms with Crippen LogP contribution in [0.25, 0.3) is 0 Å². The normalized spacial score (nSPS) is 22.9. The van der Waals surface area contributed by atoms with E-state index in [1.807, 2.05) is 12.5 Å². The zero-order valence-electron chi connectivity index (χ0n) is 10.1. The molecule has 2 rings (SSSR count). The van der Waals surface area contributed by atoms with Crippen LogP contribution in [0, 0.1) is 0 Å². The van der Waals surface area contributed by atoms with Gasteiger partial charge in [0, 0.05) is 25.3 Å². The topological polar surface area (TPSA) is 41.3 Å². The van der Waals surface area contributed by atoms with Crippen LogP contribution in [0.5, 0.6) is 0 Å². The predicted molar refractivity (Wildman–Crippen MR) is 63.1 cm³/mol. The first-order valence-corrected chi connectivity index (χ1v) is 6.08. The van der Waals surface area contributed by atoms with Gasteiger partial charge in [-0.3, -0.25) is 4.90 Å². The minimum atomic E-state index is -0.149. The van der Waals surface area contributed by atoms with Crippen molar-refractivity contribution < 1.29 is 5.11 Å². The average molecular weight is 223 g/mol. The maximum absolute atomic E-state index is 9.62. The van der Waals surface area contributed by atoms with E-state index in [1.165, 1.54) is 5.69 Å². The molecule has 0 unspecified atom stereocenters. The SMILES string of the molecule is CC(C)n1cncc1CN1CCC[C@H](O)C1. The quantitative estimate of drug-likeness (QED) is 0.842. The van der Waals surface area contributed by atoms with E-state index in [1.54, 1.807) is 0 Å². The van der Waals surface area contributed by atoms with Crippen LogP contribution in [0.4, 0.5) is 0 Å². The van der Waals surface area contributed by atoms with E-state index in [0.29, 0.717) is 6.04 Å². The summed E-state index contributed by atoms with van der Waals surface area (Å²) >= 11 is 0. The molecule has 0 aliphatic carbocycles. The van der Waals surface area contributed by atoms with Gasteiger partial charge in [0.1, 0.15) is 0 Å². The summed E-state index contributed by atoms with van der Waals surface area (Å²) in [5.74, 6) is 0. The summed E-state index contributed by atoms with van der Waals surface area (Å²) in [4.78, 5) is 6.51. The molecule has 1 aliphatic heterocycles. The van der Waals surface area contributed by atoms with Gasteiger partial charge in [-0.1, -0.05) is 0 Å². The van der Waals surface area contributed by atoms with Crippen molar-refractivity contribution in [1.82, 2.24) is 14.5 Å². The molecule has 0 amide bonds. The molecule has 90 valence electrons. The largest absolute Gasteiger partial charge is 0.392 e. The molecule has 1 saturated heterocycles. The van der Waals surface area contributed by atoms with Crippen molar-refractivity contribution >= 4 is 0 Å². The fourth-order valence-electron chi connectivity index (χ4n) is 2.32. The van der Waals surface area contributed by atoms with Gasteiger partial charge in [0.25, 0.3) is 0 Å². The molecule has 0 bridgehead atoms. The van der Waals surface area contributed by atoms with E-state index < -0.39 is 0 Å². The Balaban J connectivity index is 2.00. The summed E-state index contributed by atoms with van der Waals surface area (Å²) in [5, 5.41) is 9.62. The number of rotatable bonds is 3. The zero-order valence-corrected chi connectivity index (χ0v) is 10.1.